The van der Waals surface area contributed by atoms with Crippen molar-refractivity contribution >= 4 is 11.6 Å². The van der Waals surface area contributed by atoms with Crippen molar-refractivity contribution in [2.75, 3.05) is 12.4 Å². The van der Waals surface area contributed by atoms with Crippen molar-refractivity contribution in [2.24, 2.45) is 5.73 Å². The van der Waals surface area contributed by atoms with Crippen molar-refractivity contribution in [3.8, 4) is 11.5 Å². The highest BCUT2D eigenvalue weighted by atomic mass is 16.5. The first-order valence-electron chi connectivity index (χ1n) is 6.11. The molecule has 0 saturated carbocycles. The summed E-state index contributed by atoms with van der Waals surface area (Å²) >= 11 is 0. The minimum atomic E-state index is -0.390. The molecule has 0 radical (unpaired) electrons. The van der Waals surface area contributed by atoms with Crippen molar-refractivity contribution in [2.45, 2.75) is 6.54 Å². The maximum atomic E-state index is 12.1. The third-order valence-electron chi connectivity index (χ3n) is 2.87. The van der Waals surface area contributed by atoms with E-state index in [1.54, 1.807) is 18.2 Å². The summed E-state index contributed by atoms with van der Waals surface area (Å²) in [5.74, 6) is -0.0275. The Hall–Kier alpha value is -2.53. The topological polar surface area (TPSA) is 84.6 Å². The van der Waals surface area contributed by atoms with Gasteiger partial charge < -0.3 is 20.9 Å². The first-order chi connectivity index (χ1) is 9.63. The molecule has 5 heteroatoms. The minimum absolute atomic E-state index is 0.128. The van der Waals surface area contributed by atoms with Crippen molar-refractivity contribution < 1.29 is 14.6 Å². The summed E-state index contributed by atoms with van der Waals surface area (Å²) in [4.78, 5) is 12.1. The molecule has 104 valence electrons. The third kappa shape index (κ3) is 3.07. The second-order valence-corrected chi connectivity index (χ2v) is 4.24. The maximum absolute atomic E-state index is 12.1. The zero-order chi connectivity index (χ0) is 14.5. The summed E-state index contributed by atoms with van der Waals surface area (Å²) in [6, 6.07) is 11.8. The molecule has 0 heterocycles. The SMILES string of the molecule is COc1ccc(C(=O)Nc2cccc(CN)c2)c(O)c1. The van der Waals surface area contributed by atoms with E-state index in [0.717, 1.165) is 5.56 Å². The zero-order valence-electron chi connectivity index (χ0n) is 11.1. The molecule has 0 aliphatic rings. The molecule has 0 aliphatic heterocycles. The number of ether oxygens (including phenoxy) is 1. The van der Waals surface area contributed by atoms with Crippen LogP contribution in [-0.4, -0.2) is 18.1 Å². The predicted octanol–water partition coefficient (Wildman–Crippen LogP) is 2.11. The van der Waals surface area contributed by atoms with E-state index in [2.05, 4.69) is 5.32 Å². The van der Waals surface area contributed by atoms with Crippen LogP contribution >= 0.6 is 0 Å². The first-order valence-corrected chi connectivity index (χ1v) is 6.11. The van der Waals surface area contributed by atoms with Crippen LogP contribution < -0.4 is 15.8 Å². The zero-order valence-corrected chi connectivity index (χ0v) is 11.1. The third-order valence-corrected chi connectivity index (χ3v) is 2.87. The van der Waals surface area contributed by atoms with Crippen molar-refractivity contribution in [3.05, 3.63) is 53.6 Å². The van der Waals surface area contributed by atoms with E-state index < -0.39 is 0 Å². The number of benzene rings is 2. The minimum Gasteiger partial charge on any atom is -0.507 e. The lowest BCUT2D eigenvalue weighted by Crippen LogP contribution is -2.12. The molecular formula is C15H16N2O3. The second-order valence-electron chi connectivity index (χ2n) is 4.24. The van der Waals surface area contributed by atoms with E-state index in [0.29, 0.717) is 18.0 Å². The molecule has 2 aromatic rings. The van der Waals surface area contributed by atoms with Gasteiger partial charge in [0, 0.05) is 18.3 Å². The fraction of sp³-hybridized carbons (Fsp3) is 0.133. The van der Waals surface area contributed by atoms with Gasteiger partial charge in [-0.3, -0.25) is 4.79 Å². The van der Waals surface area contributed by atoms with Crippen LogP contribution in [0.25, 0.3) is 0 Å². The Bertz CT molecular complexity index is 626. The molecule has 20 heavy (non-hydrogen) atoms. The lowest BCUT2D eigenvalue weighted by Gasteiger charge is -2.09. The quantitative estimate of drug-likeness (QED) is 0.795. The average molecular weight is 272 g/mol. The number of rotatable bonds is 4. The van der Waals surface area contributed by atoms with E-state index in [4.69, 9.17) is 10.5 Å². The maximum Gasteiger partial charge on any atom is 0.259 e. The van der Waals surface area contributed by atoms with Crippen molar-refractivity contribution in [1.82, 2.24) is 0 Å². The summed E-state index contributed by atoms with van der Waals surface area (Å²) in [6.07, 6.45) is 0. The number of nitrogens with one attached hydrogen (secondary N) is 1. The van der Waals surface area contributed by atoms with Gasteiger partial charge in [-0.15, -0.1) is 0 Å². The van der Waals surface area contributed by atoms with Crippen LogP contribution in [0.5, 0.6) is 11.5 Å². The molecular weight excluding hydrogens is 256 g/mol. The molecule has 0 spiro atoms. The summed E-state index contributed by atoms with van der Waals surface area (Å²) in [5, 5.41) is 12.5. The van der Waals surface area contributed by atoms with Gasteiger partial charge in [0.1, 0.15) is 11.5 Å². The average Bonchev–Trinajstić information content (AvgIpc) is 2.47. The van der Waals surface area contributed by atoms with Gasteiger partial charge in [0.2, 0.25) is 0 Å². The van der Waals surface area contributed by atoms with E-state index in [9.17, 15) is 9.90 Å². The number of hydrogen-bond donors (Lipinski definition) is 3. The summed E-state index contributed by atoms with van der Waals surface area (Å²) < 4.78 is 4.97. The smallest absolute Gasteiger partial charge is 0.259 e. The molecule has 0 atom stereocenters. The van der Waals surface area contributed by atoms with E-state index in [1.165, 1.54) is 19.2 Å². The molecule has 2 aromatic carbocycles. The molecule has 5 nitrogen and oxygen atoms in total. The van der Waals surface area contributed by atoms with Gasteiger partial charge in [-0.05, 0) is 29.8 Å². The number of hydrogen-bond acceptors (Lipinski definition) is 4. The fourth-order valence-electron chi connectivity index (χ4n) is 1.80. The molecule has 0 bridgehead atoms. The highest BCUT2D eigenvalue weighted by Gasteiger charge is 2.12. The first kappa shape index (κ1) is 13.9. The van der Waals surface area contributed by atoms with Crippen molar-refractivity contribution in [3.63, 3.8) is 0 Å². The molecule has 0 saturated heterocycles. The monoisotopic (exact) mass is 272 g/mol. The Kier molecular flexibility index (Phi) is 4.22. The normalized spacial score (nSPS) is 10.1. The number of nitrogens with two attached hydrogens (primary N) is 1. The molecule has 0 aromatic heterocycles. The number of carbonyl (C=O) groups is 1. The Morgan fingerprint density at radius 1 is 1.30 bits per heavy atom. The number of amides is 1. The number of methoxy groups -OCH3 is 1. The van der Waals surface area contributed by atoms with Gasteiger partial charge in [-0.25, -0.2) is 0 Å². The van der Waals surface area contributed by atoms with Crippen LogP contribution in [0.3, 0.4) is 0 Å². The van der Waals surface area contributed by atoms with Crippen LogP contribution in [0.2, 0.25) is 0 Å². The van der Waals surface area contributed by atoms with Crippen LogP contribution in [0.1, 0.15) is 15.9 Å². The van der Waals surface area contributed by atoms with Gasteiger partial charge in [0.05, 0.1) is 12.7 Å². The molecule has 0 aliphatic carbocycles. The largest absolute Gasteiger partial charge is 0.507 e. The molecule has 0 fully saturated rings. The van der Waals surface area contributed by atoms with Gasteiger partial charge >= 0.3 is 0 Å². The van der Waals surface area contributed by atoms with E-state index >= 15 is 0 Å². The summed E-state index contributed by atoms with van der Waals surface area (Å²) in [5.41, 5.74) is 7.29. The summed E-state index contributed by atoms with van der Waals surface area (Å²) in [6.45, 7) is 0.400. The van der Waals surface area contributed by atoms with Gasteiger partial charge in [-0.1, -0.05) is 12.1 Å². The van der Waals surface area contributed by atoms with Crippen molar-refractivity contribution in [1.29, 1.82) is 0 Å². The Morgan fingerprint density at radius 3 is 2.75 bits per heavy atom. The molecule has 2 rings (SSSR count). The lowest BCUT2D eigenvalue weighted by atomic mass is 10.1. The highest BCUT2D eigenvalue weighted by molar-refractivity contribution is 6.06. The standard InChI is InChI=1S/C15H16N2O3/c1-20-12-5-6-13(14(18)8-12)15(19)17-11-4-2-3-10(7-11)9-16/h2-8,18H,9,16H2,1H3,(H,17,19). The van der Waals surface area contributed by atoms with Gasteiger partial charge in [0.15, 0.2) is 0 Å². The Morgan fingerprint density at radius 2 is 2.10 bits per heavy atom. The number of anilines is 1. The molecule has 1 amide bonds. The van der Waals surface area contributed by atoms with E-state index in [1.807, 2.05) is 12.1 Å². The number of phenolic OH excluding ortho intramolecular Hbond substituents is 1. The molecule has 0 unspecified atom stereocenters. The van der Waals surface area contributed by atoms with E-state index in [-0.39, 0.29) is 17.2 Å². The highest BCUT2D eigenvalue weighted by Crippen LogP contribution is 2.24. The number of carbonyl (C=O) groups excluding carboxylic acids is 1. The van der Waals surface area contributed by atoms with Gasteiger partial charge in [-0.2, -0.15) is 0 Å². The molecule has 4 N–H and O–H groups in total. The fourth-order valence-corrected chi connectivity index (χ4v) is 1.80. The number of aromatic hydroxyl groups is 1. The second kappa shape index (κ2) is 6.08. The summed E-state index contributed by atoms with van der Waals surface area (Å²) in [7, 11) is 1.49. The number of phenols is 1. The van der Waals surface area contributed by atoms with Gasteiger partial charge in [0.25, 0.3) is 5.91 Å². The Balaban J connectivity index is 2.19. The van der Waals surface area contributed by atoms with Crippen LogP contribution in [0.4, 0.5) is 5.69 Å². The Labute approximate surface area is 117 Å². The van der Waals surface area contributed by atoms with Crippen LogP contribution in [0, 0.1) is 0 Å². The predicted molar refractivity (Wildman–Crippen MR) is 76.9 cm³/mol. The lowest BCUT2D eigenvalue weighted by molar-refractivity contribution is 0.102. The van der Waals surface area contributed by atoms with Crippen LogP contribution in [-0.2, 0) is 6.54 Å². The van der Waals surface area contributed by atoms with Crippen LogP contribution in [0.15, 0.2) is 42.5 Å².